The molecule has 0 aliphatic heterocycles. The van der Waals surface area contributed by atoms with E-state index in [-0.39, 0.29) is 11.4 Å². The maximum Gasteiger partial charge on any atom is 0.265 e. The first-order chi connectivity index (χ1) is 8.61. The predicted molar refractivity (Wildman–Crippen MR) is 71.9 cm³/mol. The van der Waals surface area contributed by atoms with Gasteiger partial charge < -0.3 is 4.98 Å². The minimum atomic E-state index is -0.313. The third kappa shape index (κ3) is 2.67. The molecule has 0 aliphatic carbocycles. The van der Waals surface area contributed by atoms with Crippen LogP contribution in [-0.2, 0) is 6.42 Å². The van der Waals surface area contributed by atoms with Crippen molar-refractivity contribution in [3.8, 4) is 11.4 Å². The smallest absolute Gasteiger partial charge is 0.265 e. The van der Waals surface area contributed by atoms with Crippen LogP contribution >= 0.6 is 15.9 Å². The van der Waals surface area contributed by atoms with Gasteiger partial charge in [0.2, 0.25) is 0 Å². The molecule has 0 fully saturated rings. The number of aromatic nitrogens is 2. The topological polar surface area (TPSA) is 45.8 Å². The molecule has 0 aliphatic rings. The number of aryl methyl sites for hydroxylation is 1. The van der Waals surface area contributed by atoms with E-state index in [9.17, 15) is 9.18 Å². The quantitative estimate of drug-likeness (QED) is 0.945. The highest BCUT2D eigenvalue weighted by Gasteiger charge is 2.09. The summed E-state index contributed by atoms with van der Waals surface area (Å²) < 4.78 is 13.3. The Labute approximate surface area is 112 Å². The van der Waals surface area contributed by atoms with Crippen molar-refractivity contribution >= 4 is 15.9 Å². The van der Waals surface area contributed by atoms with Gasteiger partial charge in [-0.25, -0.2) is 9.37 Å². The van der Waals surface area contributed by atoms with E-state index in [1.165, 1.54) is 12.1 Å². The molecule has 0 amide bonds. The molecule has 0 radical (unpaired) electrons. The molecule has 0 saturated heterocycles. The lowest BCUT2D eigenvalue weighted by molar-refractivity contribution is 0.628. The fraction of sp³-hybridized carbons (Fsp3) is 0.231. The fourth-order valence-corrected chi connectivity index (χ4v) is 2.04. The molecule has 1 aromatic carbocycles. The Balaban J connectivity index is 2.51. The van der Waals surface area contributed by atoms with E-state index in [1.54, 1.807) is 12.1 Å². The molecule has 2 rings (SSSR count). The van der Waals surface area contributed by atoms with Gasteiger partial charge in [0, 0.05) is 5.56 Å². The van der Waals surface area contributed by atoms with Gasteiger partial charge in [-0.2, -0.15) is 0 Å². The fourth-order valence-electron chi connectivity index (χ4n) is 1.65. The largest absolute Gasteiger partial charge is 0.306 e. The second-order valence-electron chi connectivity index (χ2n) is 3.93. The van der Waals surface area contributed by atoms with Crippen LogP contribution in [0.2, 0.25) is 0 Å². The Hall–Kier alpha value is -1.49. The predicted octanol–water partition coefficient (Wildman–Crippen LogP) is 3.29. The number of rotatable bonds is 3. The van der Waals surface area contributed by atoms with E-state index in [4.69, 9.17) is 0 Å². The van der Waals surface area contributed by atoms with Crippen molar-refractivity contribution in [2.75, 3.05) is 0 Å². The third-order valence-electron chi connectivity index (χ3n) is 2.54. The van der Waals surface area contributed by atoms with E-state index in [0.717, 1.165) is 18.5 Å². The van der Waals surface area contributed by atoms with Crippen molar-refractivity contribution in [3.05, 3.63) is 50.6 Å². The van der Waals surface area contributed by atoms with Gasteiger partial charge in [0.05, 0.1) is 5.69 Å². The van der Waals surface area contributed by atoms with Gasteiger partial charge >= 0.3 is 0 Å². The first kappa shape index (κ1) is 13.0. The molecule has 3 nitrogen and oxygen atoms in total. The molecule has 0 spiro atoms. The van der Waals surface area contributed by atoms with Crippen LogP contribution in [0.5, 0.6) is 0 Å². The molecule has 0 atom stereocenters. The first-order valence-corrected chi connectivity index (χ1v) is 6.45. The normalized spacial score (nSPS) is 10.6. The Morgan fingerprint density at radius 3 is 2.61 bits per heavy atom. The van der Waals surface area contributed by atoms with E-state index in [2.05, 4.69) is 25.9 Å². The average molecular weight is 311 g/mol. The van der Waals surface area contributed by atoms with E-state index in [1.807, 2.05) is 6.92 Å². The minimum absolute atomic E-state index is 0.215. The molecule has 0 bridgehead atoms. The minimum Gasteiger partial charge on any atom is -0.306 e. The Kier molecular flexibility index (Phi) is 3.91. The van der Waals surface area contributed by atoms with Gasteiger partial charge in [0.1, 0.15) is 16.1 Å². The Morgan fingerprint density at radius 2 is 2.00 bits per heavy atom. The molecule has 1 aromatic heterocycles. The van der Waals surface area contributed by atoms with Gasteiger partial charge in [-0.15, -0.1) is 0 Å². The zero-order valence-electron chi connectivity index (χ0n) is 9.84. The summed E-state index contributed by atoms with van der Waals surface area (Å²) in [6.45, 7) is 2.02. The van der Waals surface area contributed by atoms with Crippen molar-refractivity contribution in [1.82, 2.24) is 9.97 Å². The highest BCUT2D eigenvalue weighted by molar-refractivity contribution is 9.10. The average Bonchev–Trinajstić information content (AvgIpc) is 2.36. The van der Waals surface area contributed by atoms with E-state index in [0.29, 0.717) is 15.9 Å². The van der Waals surface area contributed by atoms with Gasteiger partial charge in [-0.3, -0.25) is 4.79 Å². The van der Waals surface area contributed by atoms with E-state index < -0.39 is 0 Å². The molecular weight excluding hydrogens is 299 g/mol. The Bertz CT molecular complexity index is 607. The van der Waals surface area contributed by atoms with Gasteiger partial charge in [0.15, 0.2) is 0 Å². The van der Waals surface area contributed by atoms with Gasteiger partial charge in [-0.05, 0) is 46.6 Å². The van der Waals surface area contributed by atoms with Crippen LogP contribution in [0.25, 0.3) is 11.4 Å². The molecule has 2 aromatic rings. The molecule has 5 heteroatoms. The summed E-state index contributed by atoms with van der Waals surface area (Å²) in [5.41, 5.74) is 1.20. The van der Waals surface area contributed by atoms with Crippen molar-refractivity contribution in [1.29, 1.82) is 0 Å². The second kappa shape index (κ2) is 5.44. The number of benzene rings is 1. The zero-order valence-corrected chi connectivity index (χ0v) is 11.4. The van der Waals surface area contributed by atoms with Crippen molar-refractivity contribution < 1.29 is 4.39 Å². The van der Waals surface area contributed by atoms with Crippen molar-refractivity contribution in [2.24, 2.45) is 0 Å². The molecular formula is C13H12BrFN2O. The lowest BCUT2D eigenvalue weighted by Gasteiger charge is -2.05. The van der Waals surface area contributed by atoms with Crippen LogP contribution in [0, 0.1) is 5.82 Å². The summed E-state index contributed by atoms with van der Waals surface area (Å²) in [4.78, 5) is 18.8. The van der Waals surface area contributed by atoms with Crippen LogP contribution in [0.1, 0.15) is 19.0 Å². The maximum atomic E-state index is 12.8. The summed E-state index contributed by atoms with van der Waals surface area (Å²) in [5, 5.41) is 0. The zero-order chi connectivity index (χ0) is 13.1. The highest BCUT2D eigenvalue weighted by Crippen LogP contribution is 2.18. The summed E-state index contributed by atoms with van der Waals surface area (Å²) in [7, 11) is 0. The van der Waals surface area contributed by atoms with Crippen LogP contribution in [0.3, 0.4) is 0 Å². The molecule has 1 N–H and O–H groups in total. The SMILES string of the molecule is CCCc1nc(-c2ccc(F)cc2)[nH]c(=O)c1Br. The van der Waals surface area contributed by atoms with Gasteiger partial charge in [-0.1, -0.05) is 13.3 Å². The standard InChI is InChI=1S/C13H12BrFN2O/c1-2-3-10-11(14)13(18)17-12(16-10)8-4-6-9(15)7-5-8/h4-7H,2-3H2,1H3,(H,16,17,18). The molecule has 0 saturated carbocycles. The number of nitrogens with one attached hydrogen (secondary N) is 1. The monoisotopic (exact) mass is 310 g/mol. The number of aromatic amines is 1. The molecule has 94 valence electrons. The van der Waals surface area contributed by atoms with Crippen LogP contribution < -0.4 is 5.56 Å². The summed E-state index contributed by atoms with van der Waals surface area (Å²) >= 11 is 3.23. The molecule has 0 unspecified atom stereocenters. The number of halogens is 2. The number of H-pyrrole nitrogens is 1. The molecule has 1 heterocycles. The summed E-state index contributed by atoms with van der Waals surface area (Å²) in [5.74, 6) is 0.152. The first-order valence-electron chi connectivity index (χ1n) is 5.66. The number of hydrogen-bond acceptors (Lipinski definition) is 2. The number of hydrogen-bond donors (Lipinski definition) is 1. The van der Waals surface area contributed by atoms with Crippen molar-refractivity contribution in [3.63, 3.8) is 0 Å². The third-order valence-corrected chi connectivity index (χ3v) is 3.35. The maximum absolute atomic E-state index is 12.8. The van der Waals surface area contributed by atoms with Gasteiger partial charge in [0.25, 0.3) is 5.56 Å². The van der Waals surface area contributed by atoms with E-state index >= 15 is 0 Å². The highest BCUT2D eigenvalue weighted by atomic mass is 79.9. The van der Waals surface area contributed by atoms with Crippen LogP contribution in [-0.4, -0.2) is 9.97 Å². The van der Waals surface area contributed by atoms with Crippen LogP contribution in [0.4, 0.5) is 4.39 Å². The lowest BCUT2D eigenvalue weighted by atomic mass is 10.2. The lowest BCUT2D eigenvalue weighted by Crippen LogP contribution is -2.13. The second-order valence-corrected chi connectivity index (χ2v) is 4.73. The molecule has 18 heavy (non-hydrogen) atoms. The summed E-state index contributed by atoms with van der Waals surface area (Å²) in [6.07, 6.45) is 1.62. The Morgan fingerprint density at radius 1 is 1.33 bits per heavy atom. The van der Waals surface area contributed by atoms with Crippen molar-refractivity contribution in [2.45, 2.75) is 19.8 Å². The van der Waals surface area contributed by atoms with Crippen LogP contribution in [0.15, 0.2) is 33.5 Å². The summed E-state index contributed by atoms with van der Waals surface area (Å²) in [6, 6.07) is 5.88. The number of nitrogens with zero attached hydrogens (tertiary/aromatic N) is 1.